The first-order valence-electron chi connectivity index (χ1n) is 14.9. The van der Waals surface area contributed by atoms with Crippen LogP contribution in [-0.2, 0) is 19.2 Å². The van der Waals surface area contributed by atoms with Gasteiger partial charge in [-0.1, -0.05) is 59.6 Å². The Hall–Kier alpha value is -4.04. The van der Waals surface area contributed by atoms with E-state index in [0.29, 0.717) is 17.4 Å². The predicted molar refractivity (Wildman–Crippen MR) is 163 cm³/mol. The molecule has 3 aromatic rings. The molecule has 2 aliphatic heterocycles. The number of allylic oxidation sites excluding steroid dienone is 2. The maximum absolute atomic E-state index is 14.6. The normalized spacial score (nSPS) is 30.0. The van der Waals surface area contributed by atoms with Crippen LogP contribution in [0.4, 0.5) is 10.1 Å². The third kappa shape index (κ3) is 3.73. The van der Waals surface area contributed by atoms with Gasteiger partial charge in [0.25, 0.3) is 0 Å². The van der Waals surface area contributed by atoms with E-state index in [1.54, 1.807) is 19.1 Å². The molecular weight excluding hydrogens is 583 g/mol. The van der Waals surface area contributed by atoms with Crippen molar-refractivity contribution in [1.82, 2.24) is 4.90 Å². The maximum Gasteiger partial charge on any atom is 0.241 e. The van der Waals surface area contributed by atoms with Gasteiger partial charge in [-0.05, 0) is 70.0 Å². The molecule has 0 unspecified atom stereocenters. The van der Waals surface area contributed by atoms with Crippen LogP contribution in [0.3, 0.4) is 0 Å². The van der Waals surface area contributed by atoms with E-state index in [1.807, 2.05) is 51.1 Å². The molecular formula is C35H32ClFN2O5. The molecule has 7 nitrogen and oxygen atoms in total. The first-order valence-corrected chi connectivity index (χ1v) is 15.3. The van der Waals surface area contributed by atoms with E-state index in [9.17, 15) is 28.7 Å². The van der Waals surface area contributed by atoms with E-state index in [4.69, 9.17) is 11.6 Å². The minimum atomic E-state index is -1.34. The van der Waals surface area contributed by atoms with Gasteiger partial charge in [-0.2, -0.15) is 0 Å². The highest BCUT2D eigenvalue weighted by atomic mass is 35.5. The lowest BCUT2D eigenvalue weighted by atomic mass is 9.51. The Bertz CT molecular complexity index is 1850. The highest BCUT2D eigenvalue weighted by Crippen LogP contribution is 2.65. The van der Waals surface area contributed by atoms with Crippen LogP contribution in [0.5, 0.6) is 5.75 Å². The van der Waals surface area contributed by atoms with Crippen LogP contribution in [0.1, 0.15) is 52.0 Å². The molecule has 1 N–H and O–H groups in total. The quantitative estimate of drug-likeness (QED) is 0.267. The molecule has 1 saturated carbocycles. The van der Waals surface area contributed by atoms with Crippen LogP contribution in [-0.4, -0.2) is 39.2 Å². The number of phenols is 1. The van der Waals surface area contributed by atoms with E-state index in [1.165, 1.54) is 17.0 Å². The second-order valence-corrected chi connectivity index (χ2v) is 14.1. The van der Waals surface area contributed by atoms with Gasteiger partial charge in [-0.25, -0.2) is 9.29 Å². The Balaban J connectivity index is 1.44. The number of anilines is 1. The lowest BCUT2D eigenvalue weighted by Crippen LogP contribution is -2.49. The SMILES string of the molecule is CC(C)(C)N1C(=O)[C@H]2[C@H](CC=C3[C@H]2C[C@H]2C(=O)N(c4ccc(F)c(Cl)c4)C(=O)[C@@]2(C)[C@H]3c2ccc3ccccc3c2O)C1=O. The molecule has 44 heavy (non-hydrogen) atoms. The van der Waals surface area contributed by atoms with E-state index in [-0.39, 0.29) is 34.7 Å². The molecule has 7 rings (SSSR count). The Morgan fingerprint density at radius 3 is 2.39 bits per heavy atom. The van der Waals surface area contributed by atoms with Crippen molar-refractivity contribution >= 4 is 51.7 Å². The van der Waals surface area contributed by atoms with E-state index in [0.717, 1.165) is 21.9 Å². The summed E-state index contributed by atoms with van der Waals surface area (Å²) in [6.07, 6.45) is 2.46. The summed E-state index contributed by atoms with van der Waals surface area (Å²) in [5.41, 5.74) is -0.641. The molecule has 4 amide bonds. The Morgan fingerprint density at radius 2 is 1.68 bits per heavy atom. The number of hydrogen-bond acceptors (Lipinski definition) is 5. The fraction of sp³-hybridized carbons (Fsp3) is 0.371. The topological polar surface area (TPSA) is 95.0 Å². The molecule has 0 aromatic heterocycles. The van der Waals surface area contributed by atoms with Crippen LogP contribution in [0.15, 0.2) is 66.2 Å². The van der Waals surface area contributed by atoms with Crippen molar-refractivity contribution in [2.24, 2.45) is 29.1 Å². The van der Waals surface area contributed by atoms with Gasteiger partial charge in [0.1, 0.15) is 11.6 Å². The van der Waals surface area contributed by atoms with Gasteiger partial charge < -0.3 is 5.11 Å². The third-order valence-electron chi connectivity index (χ3n) is 10.3. The van der Waals surface area contributed by atoms with Gasteiger partial charge in [0.2, 0.25) is 23.6 Å². The summed E-state index contributed by atoms with van der Waals surface area (Å²) in [6.45, 7) is 7.22. The molecule has 9 heteroatoms. The van der Waals surface area contributed by atoms with Crippen molar-refractivity contribution in [2.45, 2.75) is 52.0 Å². The molecule has 3 fully saturated rings. The molecule has 0 spiro atoms. The summed E-state index contributed by atoms with van der Waals surface area (Å²) in [5, 5.41) is 12.9. The molecule has 6 atom stereocenters. The van der Waals surface area contributed by atoms with Gasteiger partial charge in [0.15, 0.2) is 0 Å². The largest absolute Gasteiger partial charge is 0.507 e. The van der Waals surface area contributed by atoms with Crippen LogP contribution >= 0.6 is 11.6 Å². The van der Waals surface area contributed by atoms with Crippen molar-refractivity contribution in [1.29, 1.82) is 0 Å². The fourth-order valence-corrected chi connectivity index (χ4v) is 8.57. The lowest BCUT2D eigenvalue weighted by molar-refractivity contribution is -0.145. The molecule has 2 aliphatic carbocycles. The summed E-state index contributed by atoms with van der Waals surface area (Å²) in [6, 6.07) is 14.8. The third-order valence-corrected chi connectivity index (χ3v) is 10.6. The molecule has 226 valence electrons. The number of phenolic OH excluding ortho intramolecular Hbond substituents is 1. The monoisotopic (exact) mass is 614 g/mol. The smallest absolute Gasteiger partial charge is 0.241 e. The van der Waals surface area contributed by atoms with E-state index >= 15 is 0 Å². The van der Waals surface area contributed by atoms with Crippen LogP contribution in [0.25, 0.3) is 10.8 Å². The predicted octanol–water partition coefficient (Wildman–Crippen LogP) is 6.37. The number of amides is 4. The number of carbonyl (C=O) groups excluding carboxylic acids is 4. The van der Waals surface area contributed by atoms with E-state index in [2.05, 4.69) is 0 Å². The summed E-state index contributed by atoms with van der Waals surface area (Å²) >= 11 is 6.08. The number of hydrogen-bond donors (Lipinski definition) is 1. The Labute approximate surface area is 259 Å². The standard InChI is InChI=1S/C35H32ClFN2O5/c1-34(2,3)39-30(41)21-13-12-20-23(27(21)32(39)43)16-24-31(42)38(18-10-14-26(37)25(36)15-18)33(44)35(24,4)28(20)22-11-9-17-7-5-6-8-19(17)29(22)40/h5-12,14-15,21,23-24,27-28,40H,13,16H2,1-4H3/t21-,23+,24-,27-,28+,35+/m0/s1. The molecule has 0 radical (unpaired) electrons. The van der Waals surface area contributed by atoms with Gasteiger partial charge in [-0.3, -0.25) is 24.1 Å². The molecule has 2 saturated heterocycles. The molecule has 4 aliphatic rings. The number of carbonyl (C=O) groups is 4. The molecule has 2 heterocycles. The number of halogens is 2. The molecule has 0 bridgehead atoms. The maximum atomic E-state index is 14.6. The van der Waals surface area contributed by atoms with Crippen molar-refractivity contribution in [2.75, 3.05) is 4.90 Å². The molecule has 3 aromatic carbocycles. The van der Waals surface area contributed by atoms with Gasteiger partial charge in [0.05, 0.1) is 33.9 Å². The number of rotatable bonds is 2. The number of benzene rings is 3. The number of nitrogens with zero attached hydrogens (tertiary/aromatic N) is 2. The lowest BCUT2D eigenvalue weighted by Gasteiger charge is -2.49. The average molecular weight is 615 g/mol. The summed E-state index contributed by atoms with van der Waals surface area (Å²) in [7, 11) is 0. The second kappa shape index (κ2) is 9.48. The highest BCUT2D eigenvalue weighted by molar-refractivity contribution is 6.31. The van der Waals surface area contributed by atoms with Gasteiger partial charge >= 0.3 is 0 Å². The van der Waals surface area contributed by atoms with E-state index < -0.39 is 58.2 Å². The van der Waals surface area contributed by atoms with Crippen LogP contribution < -0.4 is 4.90 Å². The Kier molecular flexibility index (Phi) is 6.19. The number of imide groups is 2. The average Bonchev–Trinajstić information content (AvgIpc) is 3.35. The van der Waals surface area contributed by atoms with Gasteiger partial charge in [0, 0.05) is 22.4 Å². The number of fused-ring (bicyclic) bond motifs is 5. The number of likely N-dealkylation sites (tertiary alicyclic amines) is 1. The zero-order chi connectivity index (χ0) is 31.5. The summed E-state index contributed by atoms with van der Waals surface area (Å²) < 4.78 is 14.1. The zero-order valence-electron chi connectivity index (χ0n) is 24.8. The van der Waals surface area contributed by atoms with Gasteiger partial charge in [-0.15, -0.1) is 0 Å². The minimum Gasteiger partial charge on any atom is -0.507 e. The Morgan fingerprint density at radius 1 is 0.955 bits per heavy atom. The van der Waals surface area contributed by atoms with Crippen molar-refractivity contribution in [3.05, 3.63) is 82.6 Å². The summed E-state index contributed by atoms with van der Waals surface area (Å²) in [5.74, 6) is -5.51. The summed E-state index contributed by atoms with van der Waals surface area (Å²) in [4.78, 5) is 58.9. The minimum absolute atomic E-state index is 0.00502. The van der Waals surface area contributed by atoms with Crippen molar-refractivity contribution < 1.29 is 28.7 Å². The first kappa shape index (κ1) is 28.7. The second-order valence-electron chi connectivity index (χ2n) is 13.7. The fourth-order valence-electron chi connectivity index (χ4n) is 8.40. The van der Waals surface area contributed by atoms with Crippen LogP contribution in [0, 0.1) is 34.9 Å². The first-order chi connectivity index (χ1) is 20.8. The van der Waals surface area contributed by atoms with Crippen molar-refractivity contribution in [3.63, 3.8) is 0 Å². The van der Waals surface area contributed by atoms with Crippen LogP contribution in [0.2, 0.25) is 5.02 Å². The highest BCUT2D eigenvalue weighted by Gasteiger charge is 2.68. The van der Waals surface area contributed by atoms with Crippen molar-refractivity contribution in [3.8, 4) is 5.75 Å². The number of aromatic hydroxyl groups is 1. The zero-order valence-corrected chi connectivity index (χ0v) is 25.6.